The summed E-state index contributed by atoms with van der Waals surface area (Å²) in [5.41, 5.74) is 15.4. The minimum absolute atomic E-state index is 0. The van der Waals surface area contributed by atoms with E-state index in [0.717, 1.165) is 55.6 Å². The number of benzene rings is 7. The number of fused-ring (bicyclic) bond motifs is 10. The van der Waals surface area contributed by atoms with Crippen LogP contribution in [0.3, 0.4) is 0 Å². The van der Waals surface area contributed by atoms with Crippen molar-refractivity contribution in [1.82, 2.24) is 14.1 Å². The van der Waals surface area contributed by atoms with Crippen LogP contribution in [0.1, 0.15) is 52.7 Å². The summed E-state index contributed by atoms with van der Waals surface area (Å²) in [5.74, 6) is 2.03. The van der Waals surface area contributed by atoms with Gasteiger partial charge in [-0.25, -0.2) is 4.98 Å². The fraction of sp³-hybridized carbons (Fsp3) is 0.143. The Balaban J connectivity index is 0.00000458. The van der Waals surface area contributed by atoms with Gasteiger partial charge in [-0.3, -0.25) is 4.57 Å². The second-order valence-corrected chi connectivity index (χ2v) is 18.1. The summed E-state index contributed by atoms with van der Waals surface area (Å²) in [7, 11) is 0. The molecule has 3 aromatic heterocycles. The number of ether oxygens (including phenoxy) is 1. The summed E-state index contributed by atoms with van der Waals surface area (Å²) in [5, 5.41) is 2.23. The summed E-state index contributed by atoms with van der Waals surface area (Å²) >= 11 is 0. The molecule has 306 valence electrons. The number of pyridine rings is 1. The molecule has 1 aliphatic rings. The van der Waals surface area contributed by atoms with Crippen molar-refractivity contribution in [2.24, 2.45) is 0 Å². The minimum Gasteiger partial charge on any atom is -0.510 e. The van der Waals surface area contributed by atoms with Crippen molar-refractivity contribution in [2.45, 2.75) is 52.4 Å². The SMILES string of the molecule is CC(C)(C)c1ccnc(-n2c3[c-]c(Oc4[c-]c(-n5[c-][n+]6c7c(cccc75)-c5ccccc5-c5ccccc5-c5cccc(C(C)(C)C)c5-6)ccc4)ccc3c3ccccc32)c1.[Pt]. The largest absolute Gasteiger partial charge is 0.510 e. The third kappa shape index (κ3) is 6.41. The summed E-state index contributed by atoms with van der Waals surface area (Å²) < 4.78 is 13.3. The Morgan fingerprint density at radius 2 is 1.16 bits per heavy atom. The fourth-order valence-corrected chi connectivity index (χ4v) is 9.15. The number of hydrogen-bond donors (Lipinski definition) is 0. The molecule has 1 aliphatic heterocycles. The van der Waals surface area contributed by atoms with E-state index in [9.17, 15) is 0 Å². The summed E-state index contributed by atoms with van der Waals surface area (Å²) in [6.45, 7) is 13.6. The van der Waals surface area contributed by atoms with Crippen LogP contribution < -0.4 is 9.30 Å². The molecule has 0 radical (unpaired) electrons. The topological polar surface area (TPSA) is 35.9 Å². The van der Waals surface area contributed by atoms with Crippen molar-refractivity contribution in [3.63, 3.8) is 0 Å². The molecule has 5 nitrogen and oxygen atoms in total. The molecule has 7 aromatic carbocycles. The van der Waals surface area contributed by atoms with Gasteiger partial charge in [-0.2, -0.15) is 18.2 Å². The predicted molar refractivity (Wildman–Crippen MR) is 247 cm³/mol. The molecule has 6 heteroatoms. The molecule has 0 atom stereocenters. The van der Waals surface area contributed by atoms with E-state index in [4.69, 9.17) is 9.72 Å². The van der Waals surface area contributed by atoms with Gasteiger partial charge in [0, 0.05) is 44.3 Å². The zero-order valence-corrected chi connectivity index (χ0v) is 37.8. The van der Waals surface area contributed by atoms with Crippen molar-refractivity contribution >= 4 is 32.8 Å². The van der Waals surface area contributed by atoms with Crippen molar-refractivity contribution in [1.29, 1.82) is 0 Å². The van der Waals surface area contributed by atoms with Crippen LogP contribution in [-0.4, -0.2) is 14.1 Å². The summed E-state index contributed by atoms with van der Waals surface area (Å²) in [6.07, 6.45) is 5.77. The molecule has 0 aliphatic carbocycles. The first-order chi connectivity index (χ1) is 29.5. The van der Waals surface area contributed by atoms with Crippen molar-refractivity contribution in [3.05, 3.63) is 187 Å². The Bertz CT molecular complexity index is 3380. The van der Waals surface area contributed by atoms with Gasteiger partial charge in [0.2, 0.25) is 0 Å². The smallest absolute Gasteiger partial charge is 0.268 e. The van der Waals surface area contributed by atoms with E-state index in [-0.39, 0.29) is 31.9 Å². The Morgan fingerprint density at radius 3 is 1.90 bits per heavy atom. The van der Waals surface area contributed by atoms with Crippen LogP contribution in [0.4, 0.5) is 0 Å². The van der Waals surface area contributed by atoms with E-state index in [0.29, 0.717) is 11.5 Å². The molecule has 0 fully saturated rings. The molecule has 0 amide bonds. The molecule has 0 saturated heterocycles. The average molecular weight is 984 g/mol. The van der Waals surface area contributed by atoms with Crippen LogP contribution in [0.2, 0.25) is 0 Å². The molecular weight excluding hydrogens is 940 g/mol. The molecule has 4 heterocycles. The maximum absolute atomic E-state index is 6.68. The standard InChI is InChI=1S/C56H44N4O.Pt/c1-55(2,3)36-30-31-57-52(32-36)60-49-26-12-11-22-44(49)45-29-28-39(34-51(45)60)61-38-17-13-16-37(33-38)58-35-59-53-46(23-14-25-48(53)56(4,5)6)42-20-9-7-18-40(42)41-19-8-10-21-43(41)47-24-15-27-50(58)54(47)59;/h7-32H,1-6H3;/q-2;. The second kappa shape index (κ2) is 14.8. The van der Waals surface area contributed by atoms with Crippen LogP contribution in [0.15, 0.2) is 158 Å². The van der Waals surface area contributed by atoms with E-state index in [1.165, 1.54) is 38.9 Å². The van der Waals surface area contributed by atoms with Gasteiger partial charge in [-0.1, -0.05) is 150 Å². The van der Waals surface area contributed by atoms with Crippen LogP contribution in [0.25, 0.3) is 83.4 Å². The molecule has 11 rings (SSSR count). The monoisotopic (exact) mass is 983 g/mol. The normalized spacial score (nSPS) is 12.2. The van der Waals surface area contributed by atoms with E-state index < -0.39 is 0 Å². The Labute approximate surface area is 377 Å². The van der Waals surface area contributed by atoms with E-state index in [1.807, 2.05) is 24.4 Å². The van der Waals surface area contributed by atoms with Crippen molar-refractivity contribution < 1.29 is 30.4 Å². The third-order valence-corrected chi connectivity index (χ3v) is 12.1. The average Bonchev–Trinajstić information content (AvgIpc) is 3.82. The van der Waals surface area contributed by atoms with E-state index in [2.05, 4.69) is 207 Å². The van der Waals surface area contributed by atoms with Gasteiger partial charge in [0.1, 0.15) is 5.82 Å². The van der Waals surface area contributed by atoms with Gasteiger partial charge in [0.25, 0.3) is 6.33 Å². The Hall–Kier alpha value is -6.55. The van der Waals surface area contributed by atoms with Crippen LogP contribution in [-0.2, 0) is 31.9 Å². The van der Waals surface area contributed by atoms with Gasteiger partial charge < -0.3 is 13.9 Å². The number of hydrogen-bond acceptors (Lipinski definition) is 2. The molecule has 0 N–H and O–H groups in total. The van der Waals surface area contributed by atoms with Crippen molar-refractivity contribution in [2.75, 3.05) is 0 Å². The maximum Gasteiger partial charge on any atom is 0.268 e. The van der Waals surface area contributed by atoms with E-state index >= 15 is 0 Å². The van der Waals surface area contributed by atoms with Gasteiger partial charge in [0.05, 0.1) is 16.7 Å². The summed E-state index contributed by atoms with van der Waals surface area (Å²) in [6, 6.07) is 61.0. The molecule has 0 spiro atoms. The number of nitrogens with zero attached hydrogens (tertiary/aromatic N) is 4. The third-order valence-electron chi connectivity index (χ3n) is 12.1. The Kier molecular flexibility index (Phi) is 9.46. The Morgan fingerprint density at radius 1 is 0.548 bits per heavy atom. The first kappa shape index (κ1) is 39.6. The molecule has 0 unspecified atom stereocenters. The number of rotatable bonds is 4. The predicted octanol–water partition coefficient (Wildman–Crippen LogP) is 13.5. The van der Waals surface area contributed by atoms with Gasteiger partial charge >= 0.3 is 0 Å². The van der Waals surface area contributed by atoms with Crippen LogP contribution >= 0.6 is 0 Å². The quantitative estimate of drug-likeness (QED) is 0.130. The van der Waals surface area contributed by atoms with Crippen LogP contribution in [0.5, 0.6) is 11.5 Å². The van der Waals surface area contributed by atoms with Gasteiger partial charge in [-0.05, 0) is 84.6 Å². The number of aromatic nitrogens is 4. The minimum atomic E-state index is -0.153. The molecule has 62 heavy (non-hydrogen) atoms. The zero-order valence-electron chi connectivity index (χ0n) is 35.5. The number of para-hydroxylation sites is 3. The van der Waals surface area contributed by atoms with E-state index in [1.54, 1.807) is 0 Å². The molecule has 0 saturated carbocycles. The molecule has 0 bridgehead atoms. The fourth-order valence-electron chi connectivity index (χ4n) is 9.15. The molecule has 10 aromatic rings. The second-order valence-electron chi connectivity index (χ2n) is 18.1. The first-order valence-corrected chi connectivity index (χ1v) is 21.0. The van der Waals surface area contributed by atoms with Crippen molar-refractivity contribution in [3.8, 4) is 62.1 Å². The number of imidazole rings is 1. The van der Waals surface area contributed by atoms with Gasteiger partial charge in [0.15, 0.2) is 0 Å². The van der Waals surface area contributed by atoms with Crippen LogP contribution in [0, 0.1) is 18.5 Å². The van der Waals surface area contributed by atoms with Gasteiger partial charge in [-0.15, -0.1) is 29.7 Å². The zero-order chi connectivity index (χ0) is 41.6. The molecular formula is C56H44N4OPt-2. The maximum atomic E-state index is 6.68. The first-order valence-electron chi connectivity index (χ1n) is 21.0. The summed E-state index contributed by atoms with van der Waals surface area (Å²) in [4.78, 5) is 4.86.